The van der Waals surface area contributed by atoms with Gasteiger partial charge in [-0.25, -0.2) is 9.97 Å². The van der Waals surface area contributed by atoms with Crippen LogP contribution in [0.3, 0.4) is 0 Å². The van der Waals surface area contributed by atoms with E-state index in [-0.39, 0.29) is 34.9 Å². The van der Waals surface area contributed by atoms with Crippen molar-refractivity contribution >= 4 is 29.9 Å². The normalized spacial score (nSPS) is 9.94. The average Bonchev–Trinajstić information content (AvgIpc) is 2.26. The lowest BCUT2D eigenvalue weighted by molar-refractivity contribution is 0.0949. The molecule has 1 heterocycles. The van der Waals surface area contributed by atoms with Crippen molar-refractivity contribution in [2.45, 2.75) is 19.8 Å². The van der Waals surface area contributed by atoms with E-state index in [0.29, 0.717) is 18.9 Å². The molecule has 0 spiro atoms. The Morgan fingerprint density at radius 3 is 2.76 bits per heavy atom. The highest BCUT2D eigenvalue weighted by Gasteiger charge is 2.14. The van der Waals surface area contributed by atoms with Crippen molar-refractivity contribution in [1.29, 1.82) is 0 Å². The quantitative estimate of drug-likeness (QED) is 0.872. The van der Waals surface area contributed by atoms with E-state index in [1.807, 2.05) is 13.8 Å². The van der Waals surface area contributed by atoms with Gasteiger partial charge in [0.05, 0.1) is 11.2 Å². The van der Waals surface area contributed by atoms with Crippen LogP contribution < -0.4 is 11.1 Å². The van der Waals surface area contributed by atoms with Gasteiger partial charge in [-0.15, -0.1) is 12.4 Å². The Kier molecular flexibility index (Phi) is 7.03. The predicted molar refractivity (Wildman–Crippen MR) is 69.8 cm³/mol. The highest BCUT2D eigenvalue weighted by molar-refractivity contribution is 6.33. The maximum atomic E-state index is 11.7. The maximum absolute atomic E-state index is 11.7. The second kappa shape index (κ2) is 7.42. The number of nitrogens with zero attached hydrogens (tertiary/aromatic N) is 2. The molecule has 5 nitrogen and oxygen atoms in total. The van der Waals surface area contributed by atoms with Crippen LogP contribution in [0.4, 0.5) is 0 Å². The fourth-order valence-electron chi connectivity index (χ4n) is 1.09. The molecule has 0 unspecified atom stereocenters. The molecule has 0 fully saturated rings. The molecule has 0 radical (unpaired) electrons. The first-order valence-corrected chi connectivity index (χ1v) is 5.44. The second-order valence-corrected chi connectivity index (χ2v) is 4.03. The van der Waals surface area contributed by atoms with Crippen LogP contribution in [0.25, 0.3) is 0 Å². The monoisotopic (exact) mass is 278 g/mol. The smallest absolute Gasteiger partial charge is 0.271 e. The maximum Gasteiger partial charge on any atom is 0.271 e. The molecule has 1 amide bonds. The predicted octanol–water partition coefficient (Wildman–Crippen LogP) is 1.36. The molecule has 0 aromatic carbocycles. The lowest BCUT2D eigenvalue weighted by atomic mass is 10.2. The zero-order chi connectivity index (χ0) is 12.1. The molecule has 0 aliphatic rings. The van der Waals surface area contributed by atoms with Gasteiger partial charge in [0.1, 0.15) is 11.5 Å². The minimum Gasteiger partial charge on any atom is -0.349 e. The lowest BCUT2D eigenvalue weighted by Crippen LogP contribution is -2.30. The number of hydrogen-bond donors (Lipinski definition) is 2. The summed E-state index contributed by atoms with van der Waals surface area (Å²) in [5.74, 6) is 0.431. The SMILES string of the molecule is CC(C)c1ncc(Cl)c(C(=O)NCCN)n1.Cl. The van der Waals surface area contributed by atoms with Crippen molar-refractivity contribution in [2.24, 2.45) is 5.73 Å². The summed E-state index contributed by atoms with van der Waals surface area (Å²) in [5.41, 5.74) is 5.49. The summed E-state index contributed by atoms with van der Waals surface area (Å²) in [6.45, 7) is 4.68. The first-order chi connectivity index (χ1) is 7.56. The summed E-state index contributed by atoms with van der Waals surface area (Å²) in [7, 11) is 0. The van der Waals surface area contributed by atoms with Crippen molar-refractivity contribution in [3.05, 3.63) is 22.7 Å². The Labute approximate surface area is 112 Å². The van der Waals surface area contributed by atoms with Gasteiger partial charge in [0.15, 0.2) is 0 Å². The number of aromatic nitrogens is 2. The molecule has 1 aromatic heterocycles. The minimum absolute atomic E-state index is 0. The third-order valence-electron chi connectivity index (χ3n) is 1.92. The van der Waals surface area contributed by atoms with E-state index >= 15 is 0 Å². The minimum atomic E-state index is -0.320. The highest BCUT2D eigenvalue weighted by Crippen LogP contribution is 2.15. The number of nitrogens with one attached hydrogen (secondary N) is 1. The van der Waals surface area contributed by atoms with Crippen molar-refractivity contribution in [3.8, 4) is 0 Å². The third-order valence-corrected chi connectivity index (χ3v) is 2.20. The largest absolute Gasteiger partial charge is 0.349 e. The molecule has 1 aromatic rings. The van der Waals surface area contributed by atoms with E-state index in [1.54, 1.807) is 0 Å². The summed E-state index contributed by atoms with van der Waals surface area (Å²) in [5, 5.41) is 2.87. The van der Waals surface area contributed by atoms with Crippen LogP contribution >= 0.6 is 24.0 Å². The van der Waals surface area contributed by atoms with Gasteiger partial charge in [-0.1, -0.05) is 25.4 Å². The summed E-state index contributed by atoms with van der Waals surface area (Å²) in [6, 6.07) is 0. The first-order valence-electron chi connectivity index (χ1n) is 5.07. The molecule has 7 heteroatoms. The Morgan fingerprint density at radius 2 is 2.24 bits per heavy atom. The highest BCUT2D eigenvalue weighted by atomic mass is 35.5. The van der Waals surface area contributed by atoms with E-state index in [4.69, 9.17) is 17.3 Å². The number of hydrogen-bond acceptors (Lipinski definition) is 4. The van der Waals surface area contributed by atoms with Gasteiger partial charge < -0.3 is 11.1 Å². The summed E-state index contributed by atoms with van der Waals surface area (Å²) >= 11 is 5.86. The molecule has 0 bridgehead atoms. The standard InChI is InChI=1S/C10H15ClN4O.ClH/c1-6(2)9-14-5-7(11)8(15-9)10(16)13-4-3-12;/h5-6H,3-4,12H2,1-2H3,(H,13,16);1H. The van der Waals surface area contributed by atoms with Gasteiger partial charge in [0.2, 0.25) is 0 Å². The van der Waals surface area contributed by atoms with Crippen LogP contribution in [0.2, 0.25) is 5.02 Å². The lowest BCUT2D eigenvalue weighted by Gasteiger charge is -2.08. The zero-order valence-electron chi connectivity index (χ0n) is 9.74. The van der Waals surface area contributed by atoms with Gasteiger partial charge in [-0.05, 0) is 0 Å². The van der Waals surface area contributed by atoms with Gasteiger partial charge in [0, 0.05) is 19.0 Å². The molecule has 0 saturated carbocycles. The fraction of sp³-hybridized carbons (Fsp3) is 0.500. The van der Waals surface area contributed by atoms with Crippen LogP contribution in [-0.2, 0) is 0 Å². The van der Waals surface area contributed by atoms with Crippen LogP contribution in [0.5, 0.6) is 0 Å². The Balaban J connectivity index is 0.00000256. The summed E-state index contributed by atoms with van der Waals surface area (Å²) < 4.78 is 0. The van der Waals surface area contributed by atoms with E-state index < -0.39 is 0 Å². The Hall–Kier alpha value is -0.910. The van der Waals surface area contributed by atoms with Crippen molar-refractivity contribution < 1.29 is 4.79 Å². The van der Waals surface area contributed by atoms with Crippen LogP contribution in [0.1, 0.15) is 36.1 Å². The molecule has 0 atom stereocenters. The third kappa shape index (κ3) is 4.46. The van der Waals surface area contributed by atoms with E-state index in [0.717, 1.165) is 0 Å². The van der Waals surface area contributed by atoms with Crippen molar-refractivity contribution in [1.82, 2.24) is 15.3 Å². The van der Waals surface area contributed by atoms with Crippen molar-refractivity contribution in [3.63, 3.8) is 0 Å². The molecule has 96 valence electrons. The number of carbonyl (C=O) groups is 1. The molecule has 17 heavy (non-hydrogen) atoms. The molecule has 0 aliphatic heterocycles. The van der Waals surface area contributed by atoms with E-state index in [1.165, 1.54) is 6.20 Å². The number of halogens is 2. The molecule has 0 saturated heterocycles. The molecular weight excluding hydrogens is 263 g/mol. The molecule has 3 N–H and O–H groups in total. The topological polar surface area (TPSA) is 80.9 Å². The summed E-state index contributed by atoms with van der Waals surface area (Å²) in [6.07, 6.45) is 1.45. The van der Waals surface area contributed by atoms with Crippen LogP contribution in [0.15, 0.2) is 6.20 Å². The molecule has 0 aliphatic carbocycles. The number of carbonyl (C=O) groups excluding carboxylic acids is 1. The van der Waals surface area contributed by atoms with Crippen LogP contribution in [-0.4, -0.2) is 29.0 Å². The summed E-state index contributed by atoms with van der Waals surface area (Å²) in [4.78, 5) is 19.8. The Morgan fingerprint density at radius 1 is 1.59 bits per heavy atom. The average molecular weight is 279 g/mol. The van der Waals surface area contributed by atoms with Gasteiger partial charge in [0.25, 0.3) is 5.91 Å². The Bertz CT molecular complexity index is 385. The second-order valence-electron chi connectivity index (χ2n) is 3.62. The fourth-order valence-corrected chi connectivity index (χ4v) is 1.26. The van der Waals surface area contributed by atoms with Crippen molar-refractivity contribution in [2.75, 3.05) is 13.1 Å². The van der Waals surface area contributed by atoms with Gasteiger partial charge >= 0.3 is 0 Å². The van der Waals surface area contributed by atoms with Gasteiger partial charge in [-0.3, -0.25) is 4.79 Å². The van der Waals surface area contributed by atoms with Crippen LogP contribution in [0, 0.1) is 0 Å². The zero-order valence-corrected chi connectivity index (χ0v) is 11.3. The number of nitrogens with two attached hydrogens (primary N) is 1. The number of rotatable bonds is 4. The van der Waals surface area contributed by atoms with E-state index in [9.17, 15) is 4.79 Å². The van der Waals surface area contributed by atoms with E-state index in [2.05, 4.69) is 15.3 Å². The molecular formula is C10H16Cl2N4O. The van der Waals surface area contributed by atoms with Gasteiger partial charge in [-0.2, -0.15) is 0 Å². The number of amides is 1. The molecule has 1 rings (SSSR count). The first kappa shape index (κ1) is 16.1.